The average Bonchev–Trinajstić information content (AvgIpc) is 3.31. The Morgan fingerprint density at radius 2 is 1.95 bits per heavy atom. The third-order valence-corrected chi connectivity index (χ3v) is 4.06. The van der Waals surface area contributed by atoms with E-state index in [9.17, 15) is 0 Å². The number of benzene rings is 1. The van der Waals surface area contributed by atoms with Gasteiger partial charge in [0.2, 0.25) is 0 Å². The highest BCUT2D eigenvalue weighted by atomic mass is 35.5. The van der Waals surface area contributed by atoms with Crippen LogP contribution in [-0.4, -0.2) is 39.5 Å². The highest BCUT2D eigenvalue weighted by Crippen LogP contribution is 2.21. The second-order valence-electron chi connectivity index (χ2n) is 5.77. The standard InChI is InChI=1S/C17H26ClNO2/c1-20-10-11-21-9-8-15(13-19-17-6-7-17)12-14-2-4-16(18)5-3-14/h2-5,15,17,19H,6-13H2,1H3. The lowest BCUT2D eigenvalue weighted by Crippen LogP contribution is -2.27. The second-order valence-corrected chi connectivity index (χ2v) is 6.21. The molecule has 0 radical (unpaired) electrons. The van der Waals surface area contributed by atoms with Crippen molar-refractivity contribution in [3.05, 3.63) is 34.9 Å². The van der Waals surface area contributed by atoms with E-state index in [1.807, 2.05) is 12.1 Å². The van der Waals surface area contributed by atoms with E-state index in [4.69, 9.17) is 21.1 Å². The zero-order valence-electron chi connectivity index (χ0n) is 12.8. The smallest absolute Gasteiger partial charge is 0.0700 e. The zero-order valence-corrected chi connectivity index (χ0v) is 13.6. The van der Waals surface area contributed by atoms with Crippen LogP contribution in [0.25, 0.3) is 0 Å². The van der Waals surface area contributed by atoms with Gasteiger partial charge in [-0.05, 0) is 55.8 Å². The largest absolute Gasteiger partial charge is 0.382 e. The molecule has 0 saturated heterocycles. The summed E-state index contributed by atoms with van der Waals surface area (Å²) in [7, 11) is 1.70. The molecule has 1 aromatic rings. The van der Waals surface area contributed by atoms with Crippen molar-refractivity contribution < 1.29 is 9.47 Å². The Hall–Kier alpha value is -0.610. The number of nitrogens with one attached hydrogen (secondary N) is 1. The number of hydrogen-bond acceptors (Lipinski definition) is 3. The first-order chi connectivity index (χ1) is 10.3. The van der Waals surface area contributed by atoms with Crippen molar-refractivity contribution in [2.45, 2.75) is 31.7 Å². The predicted octanol–water partition coefficient (Wildman–Crippen LogP) is 3.30. The van der Waals surface area contributed by atoms with Gasteiger partial charge in [0.15, 0.2) is 0 Å². The normalized spacial score (nSPS) is 16.1. The molecule has 0 amide bonds. The van der Waals surface area contributed by atoms with Crippen molar-refractivity contribution in [2.24, 2.45) is 5.92 Å². The minimum atomic E-state index is 0.606. The molecule has 3 nitrogen and oxygen atoms in total. The number of ether oxygens (including phenoxy) is 2. The highest BCUT2D eigenvalue weighted by molar-refractivity contribution is 6.30. The average molecular weight is 312 g/mol. The second kappa shape index (κ2) is 9.42. The van der Waals surface area contributed by atoms with Gasteiger partial charge in [-0.15, -0.1) is 0 Å². The fraction of sp³-hybridized carbons (Fsp3) is 0.647. The van der Waals surface area contributed by atoms with E-state index in [2.05, 4.69) is 17.4 Å². The molecule has 118 valence electrons. The maximum Gasteiger partial charge on any atom is 0.0700 e. The lowest BCUT2D eigenvalue weighted by molar-refractivity contribution is 0.0636. The van der Waals surface area contributed by atoms with Gasteiger partial charge in [-0.2, -0.15) is 0 Å². The van der Waals surface area contributed by atoms with Gasteiger partial charge in [0.1, 0.15) is 0 Å². The minimum Gasteiger partial charge on any atom is -0.382 e. The number of hydrogen-bond donors (Lipinski definition) is 1. The topological polar surface area (TPSA) is 30.5 Å². The summed E-state index contributed by atoms with van der Waals surface area (Å²) in [6.07, 6.45) is 4.81. The van der Waals surface area contributed by atoms with E-state index in [1.54, 1.807) is 7.11 Å². The van der Waals surface area contributed by atoms with E-state index in [1.165, 1.54) is 18.4 Å². The molecule has 0 spiro atoms. The van der Waals surface area contributed by atoms with E-state index < -0.39 is 0 Å². The van der Waals surface area contributed by atoms with Crippen LogP contribution in [0.3, 0.4) is 0 Å². The summed E-state index contributed by atoms with van der Waals surface area (Å²) in [5.41, 5.74) is 1.35. The lowest BCUT2D eigenvalue weighted by Gasteiger charge is -2.18. The molecule has 1 aliphatic rings. The molecule has 1 aromatic carbocycles. The summed E-state index contributed by atoms with van der Waals surface area (Å²) in [6, 6.07) is 8.94. The Morgan fingerprint density at radius 3 is 2.62 bits per heavy atom. The van der Waals surface area contributed by atoms with Crippen LogP contribution in [0.2, 0.25) is 5.02 Å². The molecule has 0 aliphatic heterocycles. The van der Waals surface area contributed by atoms with Crippen LogP contribution in [0.4, 0.5) is 0 Å². The van der Waals surface area contributed by atoms with Gasteiger partial charge in [0.05, 0.1) is 13.2 Å². The number of halogens is 1. The lowest BCUT2D eigenvalue weighted by atomic mass is 9.96. The first-order valence-electron chi connectivity index (χ1n) is 7.82. The summed E-state index contributed by atoms with van der Waals surface area (Å²) in [6.45, 7) is 3.22. The van der Waals surface area contributed by atoms with Gasteiger partial charge in [0, 0.05) is 24.8 Å². The van der Waals surface area contributed by atoms with Crippen molar-refractivity contribution in [2.75, 3.05) is 33.5 Å². The molecule has 0 heterocycles. The van der Waals surface area contributed by atoms with Crippen molar-refractivity contribution in [1.29, 1.82) is 0 Å². The fourth-order valence-electron chi connectivity index (χ4n) is 2.35. The van der Waals surface area contributed by atoms with E-state index >= 15 is 0 Å². The Kier molecular flexibility index (Phi) is 7.51. The molecular formula is C17H26ClNO2. The van der Waals surface area contributed by atoms with Gasteiger partial charge >= 0.3 is 0 Å². The molecule has 2 rings (SSSR count). The molecule has 1 atom stereocenters. The Morgan fingerprint density at radius 1 is 1.19 bits per heavy atom. The molecule has 1 N–H and O–H groups in total. The van der Waals surface area contributed by atoms with Crippen LogP contribution in [0.1, 0.15) is 24.8 Å². The van der Waals surface area contributed by atoms with Crippen LogP contribution in [-0.2, 0) is 15.9 Å². The predicted molar refractivity (Wildman–Crippen MR) is 87.0 cm³/mol. The first-order valence-corrected chi connectivity index (χ1v) is 8.20. The summed E-state index contributed by atoms with van der Waals surface area (Å²) in [5.74, 6) is 0.606. The third-order valence-electron chi connectivity index (χ3n) is 3.81. The molecule has 4 heteroatoms. The maximum absolute atomic E-state index is 5.95. The maximum atomic E-state index is 5.95. The van der Waals surface area contributed by atoms with Crippen LogP contribution >= 0.6 is 11.6 Å². The minimum absolute atomic E-state index is 0.606. The monoisotopic (exact) mass is 311 g/mol. The number of rotatable bonds is 11. The van der Waals surface area contributed by atoms with Crippen molar-refractivity contribution in [3.63, 3.8) is 0 Å². The quantitative estimate of drug-likeness (QED) is 0.636. The molecule has 1 fully saturated rings. The van der Waals surface area contributed by atoms with Gasteiger partial charge in [0.25, 0.3) is 0 Å². The molecule has 1 unspecified atom stereocenters. The van der Waals surface area contributed by atoms with Crippen molar-refractivity contribution >= 4 is 11.6 Å². The Balaban J connectivity index is 1.74. The van der Waals surface area contributed by atoms with Gasteiger partial charge in [-0.3, -0.25) is 0 Å². The molecule has 21 heavy (non-hydrogen) atoms. The SMILES string of the molecule is COCCOCCC(CNC1CC1)Cc1ccc(Cl)cc1. The van der Waals surface area contributed by atoms with Crippen LogP contribution < -0.4 is 5.32 Å². The van der Waals surface area contributed by atoms with Crippen LogP contribution in [0, 0.1) is 5.92 Å². The summed E-state index contributed by atoms with van der Waals surface area (Å²) < 4.78 is 10.6. The van der Waals surface area contributed by atoms with Gasteiger partial charge < -0.3 is 14.8 Å². The van der Waals surface area contributed by atoms with Gasteiger partial charge in [-0.1, -0.05) is 23.7 Å². The highest BCUT2D eigenvalue weighted by Gasteiger charge is 2.22. The third kappa shape index (κ3) is 7.28. The van der Waals surface area contributed by atoms with Crippen molar-refractivity contribution in [3.8, 4) is 0 Å². The van der Waals surface area contributed by atoms with Crippen LogP contribution in [0.15, 0.2) is 24.3 Å². The Bertz CT molecular complexity index is 392. The van der Waals surface area contributed by atoms with E-state index in [0.29, 0.717) is 19.1 Å². The summed E-state index contributed by atoms with van der Waals surface area (Å²) >= 11 is 5.95. The van der Waals surface area contributed by atoms with Gasteiger partial charge in [-0.25, -0.2) is 0 Å². The van der Waals surface area contributed by atoms with Crippen LogP contribution in [0.5, 0.6) is 0 Å². The molecule has 0 bridgehead atoms. The molecule has 0 aromatic heterocycles. The summed E-state index contributed by atoms with van der Waals surface area (Å²) in [5, 5.41) is 4.43. The molecular weight excluding hydrogens is 286 g/mol. The molecule has 1 saturated carbocycles. The van der Waals surface area contributed by atoms with Crippen molar-refractivity contribution in [1.82, 2.24) is 5.32 Å². The zero-order chi connectivity index (χ0) is 14.9. The number of methoxy groups -OCH3 is 1. The fourth-order valence-corrected chi connectivity index (χ4v) is 2.47. The van der Waals surface area contributed by atoms with E-state index in [0.717, 1.165) is 37.1 Å². The summed E-state index contributed by atoms with van der Waals surface area (Å²) in [4.78, 5) is 0. The van der Waals surface area contributed by atoms with E-state index in [-0.39, 0.29) is 0 Å². The Labute approximate surface area is 133 Å². The first kappa shape index (κ1) is 16.8. The molecule has 1 aliphatic carbocycles.